The van der Waals surface area contributed by atoms with Crippen molar-refractivity contribution in [2.75, 3.05) is 20.2 Å². The Hall–Kier alpha value is -1.02. The molecule has 1 amide bonds. The number of carbonyl (C=O) groups is 1. The lowest BCUT2D eigenvalue weighted by Crippen LogP contribution is -2.40. The van der Waals surface area contributed by atoms with Crippen LogP contribution in [0.25, 0.3) is 0 Å². The van der Waals surface area contributed by atoms with Crippen molar-refractivity contribution in [3.8, 4) is 5.75 Å². The van der Waals surface area contributed by atoms with E-state index in [1.165, 1.54) is 5.56 Å². The van der Waals surface area contributed by atoms with Crippen LogP contribution in [0.1, 0.15) is 32.8 Å². The number of hydrogen-bond donors (Lipinski definition) is 1. The van der Waals surface area contributed by atoms with E-state index < -0.39 is 5.60 Å². The highest BCUT2D eigenvalue weighted by molar-refractivity contribution is 14.1. The van der Waals surface area contributed by atoms with Crippen LogP contribution in [0.3, 0.4) is 0 Å². The van der Waals surface area contributed by atoms with E-state index in [4.69, 9.17) is 9.47 Å². The zero-order chi connectivity index (χ0) is 17.7. The van der Waals surface area contributed by atoms with Crippen LogP contribution in [0.15, 0.2) is 24.3 Å². The SMILES string of the molecule is COc1cccc(CC(I)NC2CCN(C(=O)OC(C)(C)C)C2)c1. The Morgan fingerprint density at radius 1 is 1.46 bits per heavy atom. The van der Waals surface area contributed by atoms with Gasteiger partial charge in [0.15, 0.2) is 0 Å². The second kappa shape index (κ2) is 8.38. The molecule has 2 atom stereocenters. The standard InChI is InChI=1S/C18H27IN2O3/c1-18(2,3)24-17(22)21-9-8-14(12-21)20-16(19)11-13-6-5-7-15(10-13)23-4/h5-7,10,14,16,20H,8-9,11-12H2,1-4H3. The van der Waals surface area contributed by atoms with Gasteiger partial charge in [-0.05, 0) is 51.3 Å². The van der Waals surface area contributed by atoms with Gasteiger partial charge in [0, 0.05) is 19.1 Å². The topological polar surface area (TPSA) is 50.8 Å². The van der Waals surface area contributed by atoms with E-state index in [0.717, 1.165) is 25.1 Å². The molecule has 1 saturated heterocycles. The van der Waals surface area contributed by atoms with E-state index in [1.807, 2.05) is 32.9 Å². The molecule has 6 heteroatoms. The van der Waals surface area contributed by atoms with Gasteiger partial charge in [-0.2, -0.15) is 0 Å². The Kier molecular flexibility index (Phi) is 6.74. The van der Waals surface area contributed by atoms with Crippen LogP contribution in [0, 0.1) is 0 Å². The van der Waals surface area contributed by atoms with E-state index in [-0.39, 0.29) is 6.09 Å². The van der Waals surface area contributed by atoms with Gasteiger partial charge in [0.05, 0.1) is 11.2 Å². The van der Waals surface area contributed by atoms with Gasteiger partial charge in [-0.25, -0.2) is 4.79 Å². The molecule has 1 aromatic carbocycles. The number of methoxy groups -OCH3 is 1. The Morgan fingerprint density at radius 2 is 2.21 bits per heavy atom. The predicted octanol–water partition coefficient (Wildman–Crippen LogP) is 3.60. The van der Waals surface area contributed by atoms with Crippen molar-refractivity contribution in [3.63, 3.8) is 0 Å². The average molecular weight is 446 g/mol. The number of nitrogens with one attached hydrogen (secondary N) is 1. The number of amides is 1. The first-order chi connectivity index (χ1) is 11.3. The summed E-state index contributed by atoms with van der Waals surface area (Å²) < 4.78 is 11.0. The van der Waals surface area contributed by atoms with Gasteiger partial charge < -0.3 is 19.7 Å². The third-order valence-corrected chi connectivity index (χ3v) is 4.61. The summed E-state index contributed by atoms with van der Waals surface area (Å²) in [6, 6.07) is 8.45. The summed E-state index contributed by atoms with van der Waals surface area (Å²) in [5.74, 6) is 0.882. The van der Waals surface area contributed by atoms with Crippen molar-refractivity contribution in [1.29, 1.82) is 0 Å². The summed E-state index contributed by atoms with van der Waals surface area (Å²) in [5.41, 5.74) is 0.795. The quantitative estimate of drug-likeness (QED) is 0.427. The van der Waals surface area contributed by atoms with Crippen LogP contribution >= 0.6 is 22.6 Å². The highest BCUT2D eigenvalue weighted by Crippen LogP contribution is 2.19. The fourth-order valence-corrected chi connectivity index (χ4v) is 3.73. The molecule has 24 heavy (non-hydrogen) atoms. The van der Waals surface area contributed by atoms with Gasteiger partial charge in [0.2, 0.25) is 0 Å². The highest BCUT2D eigenvalue weighted by Gasteiger charge is 2.30. The molecule has 1 fully saturated rings. The van der Waals surface area contributed by atoms with E-state index >= 15 is 0 Å². The number of alkyl halides is 1. The van der Waals surface area contributed by atoms with E-state index in [2.05, 4.69) is 40.0 Å². The van der Waals surface area contributed by atoms with Crippen molar-refractivity contribution in [2.45, 2.75) is 49.3 Å². The number of benzene rings is 1. The molecule has 0 saturated carbocycles. The molecule has 0 aromatic heterocycles. The Bertz CT molecular complexity index is 559. The minimum Gasteiger partial charge on any atom is -0.497 e. The second-order valence-electron chi connectivity index (χ2n) is 7.10. The molecule has 2 rings (SSSR count). The predicted molar refractivity (Wildman–Crippen MR) is 104 cm³/mol. The lowest BCUT2D eigenvalue weighted by atomic mass is 10.1. The Balaban J connectivity index is 1.80. The van der Waals surface area contributed by atoms with Crippen LogP contribution in [-0.2, 0) is 11.2 Å². The summed E-state index contributed by atoms with van der Waals surface area (Å²) in [6.07, 6.45) is 1.65. The van der Waals surface area contributed by atoms with Gasteiger partial charge in [0.25, 0.3) is 0 Å². The molecule has 1 N–H and O–H groups in total. The third-order valence-electron chi connectivity index (χ3n) is 3.81. The van der Waals surface area contributed by atoms with E-state index in [0.29, 0.717) is 16.6 Å². The largest absolute Gasteiger partial charge is 0.497 e. The Labute approximate surface area is 158 Å². The number of rotatable bonds is 5. The minimum atomic E-state index is -0.444. The monoisotopic (exact) mass is 446 g/mol. The van der Waals surface area contributed by atoms with Gasteiger partial charge >= 0.3 is 6.09 Å². The normalized spacial score (nSPS) is 19.2. The zero-order valence-corrected chi connectivity index (χ0v) is 17.0. The average Bonchev–Trinajstić information content (AvgIpc) is 2.94. The lowest BCUT2D eigenvalue weighted by molar-refractivity contribution is 0.0291. The highest BCUT2D eigenvalue weighted by atomic mass is 127. The number of hydrogen-bond acceptors (Lipinski definition) is 4. The van der Waals surface area contributed by atoms with Crippen LogP contribution in [-0.4, -0.2) is 46.9 Å². The van der Waals surface area contributed by atoms with Gasteiger partial charge in [-0.1, -0.05) is 34.7 Å². The summed E-state index contributed by atoms with van der Waals surface area (Å²) in [7, 11) is 1.68. The first kappa shape index (κ1) is 19.3. The molecule has 134 valence electrons. The van der Waals surface area contributed by atoms with Crippen molar-refractivity contribution in [2.24, 2.45) is 0 Å². The van der Waals surface area contributed by atoms with E-state index in [1.54, 1.807) is 12.0 Å². The van der Waals surface area contributed by atoms with Gasteiger partial charge in [-0.15, -0.1) is 0 Å². The minimum absolute atomic E-state index is 0.218. The van der Waals surface area contributed by atoms with Crippen molar-refractivity contribution >= 4 is 28.7 Å². The smallest absolute Gasteiger partial charge is 0.410 e. The lowest BCUT2D eigenvalue weighted by Gasteiger charge is -2.25. The number of nitrogens with zero attached hydrogens (tertiary/aromatic N) is 1. The molecule has 1 aliphatic rings. The van der Waals surface area contributed by atoms with Gasteiger partial charge in [0.1, 0.15) is 11.4 Å². The zero-order valence-electron chi connectivity index (χ0n) is 14.8. The summed E-state index contributed by atoms with van der Waals surface area (Å²) >= 11 is 2.42. The molecule has 5 nitrogen and oxygen atoms in total. The first-order valence-corrected chi connectivity index (χ1v) is 9.52. The molecule has 0 aliphatic carbocycles. The number of ether oxygens (including phenoxy) is 2. The maximum Gasteiger partial charge on any atom is 0.410 e. The van der Waals surface area contributed by atoms with Crippen LogP contribution in [0.4, 0.5) is 4.79 Å². The molecule has 1 heterocycles. The van der Waals surface area contributed by atoms with Crippen LogP contribution < -0.4 is 10.1 Å². The molecule has 0 radical (unpaired) electrons. The summed E-state index contributed by atoms with van der Waals surface area (Å²) in [5, 5.41) is 3.61. The summed E-state index contributed by atoms with van der Waals surface area (Å²) in [4.78, 5) is 13.9. The summed E-state index contributed by atoms with van der Waals surface area (Å²) in [6.45, 7) is 7.13. The van der Waals surface area contributed by atoms with Crippen LogP contribution in [0.2, 0.25) is 0 Å². The number of carbonyl (C=O) groups excluding carboxylic acids is 1. The van der Waals surface area contributed by atoms with Crippen LogP contribution in [0.5, 0.6) is 5.75 Å². The number of halogens is 1. The fourth-order valence-electron chi connectivity index (χ4n) is 2.71. The fraction of sp³-hybridized carbons (Fsp3) is 0.611. The molecule has 0 spiro atoms. The molecular weight excluding hydrogens is 419 g/mol. The van der Waals surface area contributed by atoms with Gasteiger partial charge in [-0.3, -0.25) is 0 Å². The molecule has 2 unspecified atom stereocenters. The molecule has 0 bridgehead atoms. The third kappa shape index (κ3) is 6.12. The molecule has 1 aliphatic heterocycles. The molecular formula is C18H27IN2O3. The van der Waals surface area contributed by atoms with Crippen molar-refractivity contribution < 1.29 is 14.3 Å². The Morgan fingerprint density at radius 3 is 2.88 bits per heavy atom. The maximum absolute atomic E-state index is 12.1. The van der Waals surface area contributed by atoms with Crippen molar-refractivity contribution in [1.82, 2.24) is 10.2 Å². The number of likely N-dealkylation sites (tertiary alicyclic amines) is 1. The van der Waals surface area contributed by atoms with Crippen molar-refractivity contribution in [3.05, 3.63) is 29.8 Å². The first-order valence-electron chi connectivity index (χ1n) is 8.28. The maximum atomic E-state index is 12.1. The second-order valence-corrected chi connectivity index (χ2v) is 8.61. The van der Waals surface area contributed by atoms with E-state index in [9.17, 15) is 4.79 Å². The molecule has 1 aromatic rings.